The van der Waals surface area contributed by atoms with Crippen molar-refractivity contribution in [2.75, 3.05) is 20.1 Å². The van der Waals surface area contributed by atoms with Crippen LogP contribution in [0, 0.1) is 0 Å². The summed E-state index contributed by atoms with van der Waals surface area (Å²) in [6.07, 6.45) is 6.86. The number of carbonyl (C=O) groups is 1. The van der Waals surface area contributed by atoms with Crippen LogP contribution >= 0.6 is 0 Å². The van der Waals surface area contributed by atoms with Crippen LogP contribution in [0.1, 0.15) is 52.4 Å². The van der Waals surface area contributed by atoms with E-state index < -0.39 is 11.5 Å². The van der Waals surface area contributed by atoms with Crippen molar-refractivity contribution in [2.24, 2.45) is 0 Å². The fourth-order valence-electron chi connectivity index (χ4n) is 2.64. The molecule has 106 valence electrons. The molecule has 1 rings (SSSR count). The smallest absolute Gasteiger partial charge is 0.323 e. The summed E-state index contributed by atoms with van der Waals surface area (Å²) in [5.74, 6) is -0.756. The van der Waals surface area contributed by atoms with Gasteiger partial charge in [-0.2, -0.15) is 0 Å². The first kappa shape index (κ1) is 15.4. The molecule has 0 bridgehead atoms. The lowest BCUT2D eigenvalue weighted by molar-refractivity contribution is -0.144. The summed E-state index contributed by atoms with van der Waals surface area (Å²) in [7, 11) is 1.72. The topological polar surface area (TPSA) is 52.6 Å². The minimum Gasteiger partial charge on any atom is -0.480 e. The number of hydrogen-bond acceptors (Lipinski definition) is 3. The molecule has 0 aromatic carbocycles. The highest BCUT2D eigenvalue weighted by Crippen LogP contribution is 2.18. The normalized spacial score (nSPS) is 25.4. The predicted octanol–water partition coefficient (Wildman–Crippen LogP) is 2.09. The Morgan fingerprint density at radius 2 is 2.17 bits per heavy atom. The molecule has 0 radical (unpaired) electrons. The molecule has 0 aliphatic carbocycles. The van der Waals surface area contributed by atoms with Gasteiger partial charge in [-0.05, 0) is 59.7 Å². The van der Waals surface area contributed by atoms with Crippen LogP contribution < -0.4 is 5.32 Å². The second-order valence-electron chi connectivity index (χ2n) is 5.73. The minimum atomic E-state index is -0.783. The summed E-state index contributed by atoms with van der Waals surface area (Å²) in [4.78, 5) is 13.7. The Morgan fingerprint density at radius 3 is 2.78 bits per heavy atom. The van der Waals surface area contributed by atoms with E-state index in [-0.39, 0.29) is 0 Å². The molecule has 0 amide bonds. The number of nitrogens with zero attached hydrogens (tertiary/aromatic N) is 1. The SMILES string of the molecule is CNC(C)(CCCN1CCCCCC1C)C(=O)O. The Kier molecular flexibility index (Phi) is 6.09. The second kappa shape index (κ2) is 7.10. The van der Waals surface area contributed by atoms with E-state index in [9.17, 15) is 9.90 Å². The van der Waals surface area contributed by atoms with Gasteiger partial charge in [0.1, 0.15) is 5.54 Å². The van der Waals surface area contributed by atoms with Gasteiger partial charge in [0.2, 0.25) is 0 Å². The van der Waals surface area contributed by atoms with Crippen LogP contribution in [0.2, 0.25) is 0 Å². The zero-order chi connectivity index (χ0) is 13.6. The van der Waals surface area contributed by atoms with Gasteiger partial charge in [0, 0.05) is 6.04 Å². The Labute approximate surface area is 111 Å². The number of nitrogens with one attached hydrogen (secondary N) is 1. The molecule has 2 unspecified atom stereocenters. The zero-order valence-corrected chi connectivity index (χ0v) is 12.0. The molecule has 0 spiro atoms. The van der Waals surface area contributed by atoms with Crippen molar-refractivity contribution < 1.29 is 9.90 Å². The molecule has 18 heavy (non-hydrogen) atoms. The number of carboxylic acids is 1. The van der Waals surface area contributed by atoms with Crippen molar-refractivity contribution in [3.8, 4) is 0 Å². The zero-order valence-electron chi connectivity index (χ0n) is 12.0. The molecule has 1 saturated heterocycles. The van der Waals surface area contributed by atoms with Gasteiger partial charge < -0.3 is 15.3 Å². The van der Waals surface area contributed by atoms with E-state index in [4.69, 9.17) is 0 Å². The third-order valence-corrected chi connectivity index (χ3v) is 4.34. The maximum Gasteiger partial charge on any atom is 0.323 e. The van der Waals surface area contributed by atoms with Crippen molar-refractivity contribution in [2.45, 2.75) is 64.0 Å². The molecule has 2 atom stereocenters. The molecule has 0 saturated carbocycles. The van der Waals surface area contributed by atoms with Crippen LogP contribution in [0.15, 0.2) is 0 Å². The van der Waals surface area contributed by atoms with E-state index in [1.165, 1.54) is 32.2 Å². The molecular weight excluding hydrogens is 228 g/mol. The largest absolute Gasteiger partial charge is 0.480 e. The third-order valence-electron chi connectivity index (χ3n) is 4.34. The molecule has 2 N–H and O–H groups in total. The Morgan fingerprint density at radius 1 is 1.44 bits per heavy atom. The van der Waals surface area contributed by atoms with Crippen molar-refractivity contribution >= 4 is 5.97 Å². The van der Waals surface area contributed by atoms with E-state index >= 15 is 0 Å². The molecule has 4 heteroatoms. The lowest BCUT2D eigenvalue weighted by atomic mass is 9.96. The second-order valence-corrected chi connectivity index (χ2v) is 5.73. The monoisotopic (exact) mass is 256 g/mol. The van der Waals surface area contributed by atoms with Crippen molar-refractivity contribution in [1.29, 1.82) is 0 Å². The van der Waals surface area contributed by atoms with Crippen molar-refractivity contribution in [1.82, 2.24) is 10.2 Å². The third kappa shape index (κ3) is 4.25. The van der Waals surface area contributed by atoms with Gasteiger partial charge in [0.05, 0.1) is 0 Å². The lowest BCUT2D eigenvalue weighted by Crippen LogP contribution is -2.48. The van der Waals surface area contributed by atoms with Crippen LogP contribution in [0.25, 0.3) is 0 Å². The molecule has 0 aromatic rings. The molecule has 1 aliphatic rings. The Balaban J connectivity index is 2.37. The molecule has 0 aromatic heterocycles. The Hall–Kier alpha value is -0.610. The molecular formula is C14H28N2O2. The van der Waals surface area contributed by atoms with Crippen LogP contribution in [0.4, 0.5) is 0 Å². The summed E-state index contributed by atoms with van der Waals surface area (Å²) < 4.78 is 0. The number of carboxylic acid groups (broad SMARTS) is 1. The van der Waals surface area contributed by atoms with E-state index in [2.05, 4.69) is 17.1 Å². The molecule has 1 aliphatic heterocycles. The standard InChI is InChI=1S/C14H28N2O2/c1-12-8-5-4-6-10-16(12)11-7-9-14(2,15-3)13(17)18/h12,15H,4-11H2,1-3H3,(H,17,18). The van der Waals surface area contributed by atoms with Gasteiger partial charge in [-0.15, -0.1) is 0 Å². The maximum atomic E-state index is 11.2. The highest BCUT2D eigenvalue weighted by molar-refractivity contribution is 5.78. The summed E-state index contributed by atoms with van der Waals surface area (Å²) >= 11 is 0. The summed E-state index contributed by atoms with van der Waals surface area (Å²) in [5.41, 5.74) is -0.783. The highest BCUT2D eigenvalue weighted by atomic mass is 16.4. The average molecular weight is 256 g/mol. The van der Waals surface area contributed by atoms with Crippen LogP contribution in [-0.4, -0.2) is 47.7 Å². The van der Waals surface area contributed by atoms with Crippen molar-refractivity contribution in [3.05, 3.63) is 0 Å². The fourth-order valence-corrected chi connectivity index (χ4v) is 2.64. The van der Waals surface area contributed by atoms with Crippen molar-refractivity contribution in [3.63, 3.8) is 0 Å². The first-order chi connectivity index (χ1) is 8.49. The van der Waals surface area contributed by atoms with Gasteiger partial charge in [-0.25, -0.2) is 0 Å². The van der Waals surface area contributed by atoms with Crippen LogP contribution in [0.3, 0.4) is 0 Å². The summed E-state index contributed by atoms with van der Waals surface area (Å²) in [5, 5.41) is 12.1. The lowest BCUT2D eigenvalue weighted by Gasteiger charge is -2.29. The Bertz CT molecular complexity index is 271. The van der Waals surface area contributed by atoms with Gasteiger partial charge in [0.25, 0.3) is 0 Å². The molecule has 4 nitrogen and oxygen atoms in total. The van der Waals surface area contributed by atoms with E-state index in [1.54, 1.807) is 14.0 Å². The molecule has 1 fully saturated rings. The average Bonchev–Trinajstić information content (AvgIpc) is 2.54. The van der Waals surface area contributed by atoms with E-state index in [1.807, 2.05) is 0 Å². The summed E-state index contributed by atoms with van der Waals surface area (Å²) in [6, 6.07) is 0.651. The quantitative estimate of drug-likeness (QED) is 0.764. The first-order valence-electron chi connectivity index (χ1n) is 7.16. The maximum absolute atomic E-state index is 11.2. The van der Waals surface area contributed by atoms with Gasteiger partial charge >= 0.3 is 5.97 Å². The number of aliphatic carboxylic acids is 1. The number of hydrogen-bond donors (Lipinski definition) is 2. The van der Waals surface area contributed by atoms with E-state index in [0.29, 0.717) is 12.5 Å². The first-order valence-corrected chi connectivity index (χ1v) is 7.16. The van der Waals surface area contributed by atoms with Gasteiger partial charge in [-0.1, -0.05) is 12.8 Å². The fraction of sp³-hybridized carbons (Fsp3) is 0.929. The number of likely N-dealkylation sites (tertiary alicyclic amines) is 1. The number of rotatable bonds is 6. The predicted molar refractivity (Wildman–Crippen MR) is 73.8 cm³/mol. The van der Waals surface area contributed by atoms with E-state index in [0.717, 1.165) is 13.0 Å². The minimum absolute atomic E-state index is 0.651. The summed E-state index contributed by atoms with van der Waals surface area (Å²) in [6.45, 7) is 6.25. The highest BCUT2D eigenvalue weighted by Gasteiger charge is 2.30. The van der Waals surface area contributed by atoms with Gasteiger partial charge in [0.15, 0.2) is 0 Å². The van der Waals surface area contributed by atoms with Crippen LogP contribution in [0.5, 0.6) is 0 Å². The number of likely N-dealkylation sites (N-methyl/N-ethyl adjacent to an activating group) is 1. The molecule has 1 heterocycles. The van der Waals surface area contributed by atoms with Gasteiger partial charge in [-0.3, -0.25) is 4.79 Å². The van der Waals surface area contributed by atoms with Crippen LogP contribution in [-0.2, 0) is 4.79 Å².